The zero-order valence-corrected chi connectivity index (χ0v) is 23.6. The van der Waals surface area contributed by atoms with E-state index < -0.39 is 0 Å². The number of nitrogens with zero attached hydrogens (tertiary/aromatic N) is 4. The molecular weight excluding hydrogens is 536 g/mol. The first-order valence-electron chi connectivity index (χ1n) is 12.7. The summed E-state index contributed by atoms with van der Waals surface area (Å²) in [6.07, 6.45) is 3.04. The highest BCUT2D eigenvalue weighted by Crippen LogP contribution is 2.37. The van der Waals surface area contributed by atoms with E-state index in [4.69, 9.17) is 18.9 Å². The summed E-state index contributed by atoms with van der Waals surface area (Å²) >= 11 is 0. The highest BCUT2D eigenvalue weighted by Gasteiger charge is 2.16. The second-order valence-electron chi connectivity index (χ2n) is 8.67. The van der Waals surface area contributed by atoms with Gasteiger partial charge in [0, 0.05) is 22.3 Å². The van der Waals surface area contributed by atoms with Crippen molar-refractivity contribution in [1.29, 1.82) is 0 Å². The zero-order valence-electron chi connectivity index (χ0n) is 23.6. The van der Waals surface area contributed by atoms with E-state index in [1.54, 1.807) is 24.3 Å². The lowest BCUT2D eigenvalue weighted by Crippen LogP contribution is -2.17. The summed E-state index contributed by atoms with van der Waals surface area (Å²) in [5, 5.41) is 38.3. The standard InChI is InChI=1S/C32H30N4O6/c1-39-25-15-21(16-26(40-2)31(25)37)19-33-35-29(23-11-7-5-8-12-23)30(24-13-9-6-10-14-24)36-34-20-22-17-27(41-3)32(38)28(18-22)42-4/h5-20,37-38H,1-4H3/b33-19+,34-20+,35-29+,36-30+. The van der Waals surface area contributed by atoms with Gasteiger partial charge in [-0.3, -0.25) is 0 Å². The molecule has 0 radical (unpaired) electrons. The van der Waals surface area contributed by atoms with Crippen LogP contribution in [0.5, 0.6) is 34.5 Å². The molecule has 214 valence electrons. The van der Waals surface area contributed by atoms with Gasteiger partial charge < -0.3 is 29.2 Å². The Morgan fingerprint density at radius 1 is 0.524 bits per heavy atom. The van der Waals surface area contributed by atoms with Crippen LogP contribution in [0.3, 0.4) is 0 Å². The number of benzene rings is 4. The molecule has 42 heavy (non-hydrogen) atoms. The van der Waals surface area contributed by atoms with Crippen molar-refractivity contribution in [2.75, 3.05) is 28.4 Å². The lowest BCUT2D eigenvalue weighted by atomic mass is 10.00. The number of phenols is 2. The van der Waals surface area contributed by atoms with Crippen LogP contribution >= 0.6 is 0 Å². The number of phenolic OH excluding ortho intramolecular Hbond substituents is 2. The van der Waals surface area contributed by atoms with Gasteiger partial charge in [-0.2, -0.15) is 10.2 Å². The Morgan fingerprint density at radius 2 is 0.833 bits per heavy atom. The van der Waals surface area contributed by atoms with Crippen LogP contribution in [0.4, 0.5) is 0 Å². The Morgan fingerprint density at radius 3 is 1.12 bits per heavy atom. The third-order valence-corrected chi connectivity index (χ3v) is 6.05. The van der Waals surface area contributed by atoms with E-state index in [0.29, 0.717) is 22.6 Å². The molecule has 0 saturated carbocycles. The van der Waals surface area contributed by atoms with E-state index in [1.165, 1.54) is 40.9 Å². The summed E-state index contributed by atoms with van der Waals surface area (Å²) in [4.78, 5) is 0. The van der Waals surface area contributed by atoms with Crippen molar-refractivity contribution >= 4 is 23.9 Å². The van der Waals surface area contributed by atoms with Crippen LogP contribution in [-0.4, -0.2) is 62.5 Å². The minimum absolute atomic E-state index is 0.106. The molecule has 0 fully saturated rings. The average molecular weight is 567 g/mol. The van der Waals surface area contributed by atoms with Crippen LogP contribution in [0, 0.1) is 0 Å². The topological polar surface area (TPSA) is 127 Å². The van der Waals surface area contributed by atoms with Crippen molar-refractivity contribution < 1.29 is 29.2 Å². The second-order valence-corrected chi connectivity index (χ2v) is 8.67. The fourth-order valence-electron chi connectivity index (χ4n) is 3.96. The van der Waals surface area contributed by atoms with Crippen molar-refractivity contribution in [3.8, 4) is 34.5 Å². The summed E-state index contributed by atoms with van der Waals surface area (Å²) in [6, 6.07) is 25.5. The van der Waals surface area contributed by atoms with Gasteiger partial charge in [0.1, 0.15) is 11.4 Å². The molecule has 10 heteroatoms. The normalized spacial score (nSPS) is 12.1. The molecule has 0 bridgehead atoms. The minimum Gasteiger partial charge on any atom is -0.502 e. The molecule has 10 nitrogen and oxygen atoms in total. The molecule has 0 amide bonds. The fraction of sp³-hybridized carbons (Fsp3) is 0.125. The average Bonchev–Trinajstić information content (AvgIpc) is 3.03. The lowest BCUT2D eigenvalue weighted by Gasteiger charge is -2.10. The number of rotatable bonds is 11. The fourth-order valence-corrected chi connectivity index (χ4v) is 3.96. The lowest BCUT2D eigenvalue weighted by molar-refractivity contribution is 0.340. The molecule has 0 spiro atoms. The van der Waals surface area contributed by atoms with Gasteiger partial charge >= 0.3 is 0 Å². The SMILES string of the molecule is COc1cc(/C=N/N=C(/C(=N/N=C/c2cc(OC)c(O)c(OC)c2)c2ccccc2)c2ccccc2)cc(OC)c1O. The van der Waals surface area contributed by atoms with Crippen molar-refractivity contribution in [1.82, 2.24) is 0 Å². The first-order chi connectivity index (χ1) is 20.5. The quantitative estimate of drug-likeness (QED) is 0.183. The van der Waals surface area contributed by atoms with Crippen LogP contribution in [0.2, 0.25) is 0 Å². The maximum atomic E-state index is 10.2. The molecule has 4 aromatic carbocycles. The summed E-state index contributed by atoms with van der Waals surface area (Å²) in [7, 11) is 5.81. The molecule has 0 unspecified atom stereocenters. The molecule has 0 aliphatic rings. The van der Waals surface area contributed by atoms with Gasteiger partial charge in [-0.05, 0) is 24.3 Å². The van der Waals surface area contributed by atoms with Gasteiger partial charge in [0.25, 0.3) is 0 Å². The van der Waals surface area contributed by atoms with Gasteiger partial charge in [0.05, 0.1) is 40.9 Å². The molecule has 4 rings (SSSR count). The third-order valence-electron chi connectivity index (χ3n) is 6.05. The van der Waals surface area contributed by atoms with Crippen LogP contribution in [0.25, 0.3) is 0 Å². The van der Waals surface area contributed by atoms with E-state index in [0.717, 1.165) is 11.1 Å². The Bertz CT molecular complexity index is 1460. The van der Waals surface area contributed by atoms with Crippen LogP contribution in [0.15, 0.2) is 105 Å². The smallest absolute Gasteiger partial charge is 0.200 e. The van der Waals surface area contributed by atoms with E-state index >= 15 is 0 Å². The van der Waals surface area contributed by atoms with Crippen molar-refractivity contribution in [2.45, 2.75) is 0 Å². The number of hydrogen-bond donors (Lipinski definition) is 2. The molecule has 4 aromatic rings. The molecule has 0 saturated heterocycles. The summed E-state index contributed by atoms with van der Waals surface area (Å²) < 4.78 is 21.0. The van der Waals surface area contributed by atoms with E-state index in [2.05, 4.69) is 20.4 Å². The van der Waals surface area contributed by atoms with Crippen LogP contribution in [0.1, 0.15) is 22.3 Å². The Hall–Kier alpha value is -5.64. The third kappa shape index (κ3) is 6.92. The molecule has 0 atom stereocenters. The molecule has 0 aliphatic carbocycles. The summed E-state index contributed by atoms with van der Waals surface area (Å²) in [6.45, 7) is 0. The number of ether oxygens (including phenoxy) is 4. The highest BCUT2D eigenvalue weighted by atomic mass is 16.5. The van der Waals surface area contributed by atoms with Gasteiger partial charge in [-0.15, -0.1) is 10.2 Å². The number of hydrogen-bond acceptors (Lipinski definition) is 10. The molecule has 0 heterocycles. The molecular formula is C32H30N4O6. The van der Waals surface area contributed by atoms with Crippen molar-refractivity contribution in [3.63, 3.8) is 0 Å². The van der Waals surface area contributed by atoms with E-state index in [-0.39, 0.29) is 34.5 Å². The Balaban J connectivity index is 1.81. The second kappa shape index (κ2) is 14.1. The first-order valence-corrected chi connectivity index (χ1v) is 12.7. The maximum Gasteiger partial charge on any atom is 0.200 e. The van der Waals surface area contributed by atoms with Crippen molar-refractivity contribution in [2.24, 2.45) is 20.4 Å². The first kappa shape index (κ1) is 29.3. The van der Waals surface area contributed by atoms with E-state index in [9.17, 15) is 10.2 Å². The molecule has 0 aliphatic heterocycles. The van der Waals surface area contributed by atoms with Gasteiger partial charge in [0.15, 0.2) is 23.0 Å². The number of methoxy groups -OCH3 is 4. The summed E-state index contributed by atoms with van der Waals surface area (Å²) in [5.41, 5.74) is 3.67. The van der Waals surface area contributed by atoms with Gasteiger partial charge in [-0.25, -0.2) is 0 Å². The maximum absolute atomic E-state index is 10.2. The predicted molar refractivity (Wildman–Crippen MR) is 164 cm³/mol. The van der Waals surface area contributed by atoms with Gasteiger partial charge in [-0.1, -0.05) is 60.7 Å². The van der Waals surface area contributed by atoms with Gasteiger partial charge in [0.2, 0.25) is 11.5 Å². The van der Waals surface area contributed by atoms with E-state index in [1.807, 2.05) is 60.7 Å². The highest BCUT2D eigenvalue weighted by molar-refractivity contribution is 6.53. The van der Waals surface area contributed by atoms with Crippen LogP contribution in [-0.2, 0) is 0 Å². The van der Waals surface area contributed by atoms with Crippen LogP contribution < -0.4 is 18.9 Å². The summed E-state index contributed by atoms with van der Waals surface area (Å²) in [5.74, 6) is 0.757. The minimum atomic E-state index is -0.106. The Labute approximate surface area is 243 Å². The monoisotopic (exact) mass is 566 g/mol. The largest absolute Gasteiger partial charge is 0.502 e. The van der Waals surface area contributed by atoms with Crippen molar-refractivity contribution in [3.05, 3.63) is 107 Å². The molecule has 0 aromatic heterocycles. The zero-order chi connectivity index (χ0) is 29.9. The predicted octanol–water partition coefficient (Wildman–Crippen LogP) is 5.48. The number of aromatic hydroxyl groups is 2. The molecule has 2 N–H and O–H groups in total. The Kier molecular flexibility index (Phi) is 9.87.